The van der Waals surface area contributed by atoms with Gasteiger partial charge in [0, 0.05) is 7.05 Å². The molecule has 1 aromatic heterocycles. The number of benzene rings is 1. The smallest absolute Gasteiger partial charge is 0.164 e. The maximum Gasteiger partial charge on any atom is 0.164 e. The monoisotopic (exact) mass is 246 g/mol. The van der Waals surface area contributed by atoms with E-state index in [-0.39, 0.29) is 0 Å². The van der Waals surface area contributed by atoms with Gasteiger partial charge >= 0.3 is 0 Å². The molecule has 0 bridgehead atoms. The Kier molecular flexibility index (Phi) is 3.94. The third kappa shape index (κ3) is 2.87. The predicted octanol–water partition coefficient (Wildman–Crippen LogP) is 1.20. The zero-order chi connectivity index (χ0) is 13.0. The highest BCUT2D eigenvalue weighted by Gasteiger charge is 2.06. The minimum Gasteiger partial charge on any atom is -0.485 e. The van der Waals surface area contributed by atoms with Gasteiger partial charge < -0.3 is 10.5 Å². The van der Waals surface area contributed by atoms with Gasteiger partial charge in [-0.1, -0.05) is 17.7 Å². The Labute approximate surface area is 107 Å². The fraction of sp³-hybridized carbons (Fsp3) is 0.385. The number of nitrogens with two attached hydrogens (primary N) is 1. The molecular weight excluding hydrogens is 228 g/mol. The third-order valence-corrected chi connectivity index (χ3v) is 2.79. The number of aromatic nitrogens is 3. The SMILES string of the molecule is Cc1ccc(OCc2ncnn2C)c(CCN)c1. The van der Waals surface area contributed by atoms with Crippen LogP contribution in [0.1, 0.15) is 17.0 Å². The fourth-order valence-electron chi connectivity index (χ4n) is 1.79. The first kappa shape index (κ1) is 12.6. The van der Waals surface area contributed by atoms with Crippen molar-refractivity contribution in [1.29, 1.82) is 0 Å². The second-order valence-electron chi connectivity index (χ2n) is 4.24. The molecule has 96 valence electrons. The first-order valence-electron chi connectivity index (χ1n) is 5.96. The van der Waals surface area contributed by atoms with Gasteiger partial charge in [-0.25, -0.2) is 4.98 Å². The van der Waals surface area contributed by atoms with Crippen LogP contribution in [0, 0.1) is 6.92 Å². The molecule has 0 amide bonds. The van der Waals surface area contributed by atoms with Gasteiger partial charge in [0.15, 0.2) is 5.82 Å². The summed E-state index contributed by atoms with van der Waals surface area (Å²) in [7, 11) is 1.85. The molecule has 5 nitrogen and oxygen atoms in total. The molecule has 5 heteroatoms. The molecule has 0 radical (unpaired) electrons. The molecule has 1 heterocycles. The van der Waals surface area contributed by atoms with Crippen LogP contribution in [-0.4, -0.2) is 21.3 Å². The number of ether oxygens (including phenoxy) is 1. The Bertz CT molecular complexity index is 521. The van der Waals surface area contributed by atoms with E-state index in [2.05, 4.69) is 23.1 Å². The minimum absolute atomic E-state index is 0.414. The van der Waals surface area contributed by atoms with Crippen molar-refractivity contribution in [3.05, 3.63) is 41.5 Å². The van der Waals surface area contributed by atoms with E-state index < -0.39 is 0 Å². The van der Waals surface area contributed by atoms with Crippen LogP contribution in [0.3, 0.4) is 0 Å². The lowest BCUT2D eigenvalue weighted by molar-refractivity contribution is 0.287. The van der Waals surface area contributed by atoms with Crippen molar-refractivity contribution in [3.63, 3.8) is 0 Å². The van der Waals surface area contributed by atoms with Gasteiger partial charge in [0.05, 0.1) is 0 Å². The molecule has 0 aliphatic carbocycles. The van der Waals surface area contributed by atoms with Crippen LogP contribution in [0.5, 0.6) is 5.75 Å². The zero-order valence-electron chi connectivity index (χ0n) is 10.8. The molecule has 0 saturated carbocycles. The van der Waals surface area contributed by atoms with E-state index >= 15 is 0 Å². The highest BCUT2D eigenvalue weighted by molar-refractivity contribution is 5.37. The second-order valence-corrected chi connectivity index (χ2v) is 4.24. The number of aryl methyl sites for hydroxylation is 2. The molecule has 2 aromatic rings. The van der Waals surface area contributed by atoms with Crippen LogP contribution in [0.2, 0.25) is 0 Å². The molecule has 2 N–H and O–H groups in total. The summed E-state index contributed by atoms with van der Waals surface area (Å²) >= 11 is 0. The minimum atomic E-state index is 0.414. The molecule has 0 aliphatic rings. The summed E-state index contributed by atoms with van der Waals surface area (Å²) in [5.74, 6) is 1.67. The van der Waals surface area contributed by atoms with Gasteiger partial charge in [-0.05, 0) is 31.5 Å². The summed E-state index contributed by atoms with van der Waals surface area (Å²) in [5.41, 5.74) is 7.96. The average Bonchev–Trinajstić information content (AvgIpc) is 2.74. The summed E-state index contributed by atoms with van der Waals surface area (Å²) < 4.78 is 7.50. The van der Waals surface area contributed by atoms with Gasteiger partial charge in [0.1, 0.15) is 18.7 Å². The van der Waals surface area contributed by atoms with E-state index in [0.717, 1.165) is 23.6 Å². The Morgan fingerprint density at radius 3 is 2.89 bits per heavy atom. The Balaban J connectivity index is 2.11. The number of hydrogen-bond donors (Lipinski definition) is 1. The molecule has 0 saturated heterocycles. The molecule has 0 atom stereocenters. The van der Waals surface area contributed by atoms with Crippen molar-refractivity contribution in [3.8, 4) is 5.75 Å². The average molecular weight is 246 g/mol. The highest BCUT2D eigenvalue weighted by Crippen LogP contribution is 2.21. The summed E-state index contributed by atoms with van der Waals surface area (Å²) in [6, 6.07) is 6.13. The van der Waals surface area contributed by atoms with E-state index in [4.69, 9.17) is 10.5 Å². The summed E-state index contributed by atoms with van der Waals surface area (Å²) in [6.45, 7) is 3.09. The van der Waals surface area contributed by atoms with Crippen LogP contribution >= 0.6 is 0 Å². The first-order chi connectivity index (χ1) is 8.70. The lowest BCUT2D eigenvalue weighted by atomic mass is 10.1. The fourth-order valence-corrected chi connectivity index (χ4v) is 1.79. The molecule has 1 aromatic carbocycles. The van der Waals surface area contributed by atoms with Crippen molar-refractivity contribution in [2.75, 3.05) is 6.54 Å². The Hall–Kier alpha value is -1.88. The van der Waals surface area contributed by atoms with Crippen LogP contribution in [0.25, 0.3) is 0 Å². The normalized spacial score (nSPS) is 10.6. The van der Waals surface area contributed by atoms with E-state index in [1.807, 2.05) is 19.2 Å². The van der Waals surface area contributed by atoms with Gasteiger partial charge in [-0.2, -0.15) is 5.10 Å². The van der Waals surface area contributed by atoms with E-state index in [1.165, 1.54) is 11.9 Å². The molecule has 0 aliphatic heterocycles. The van der Waals surface area contributed by atoms with Gasteiger partial charge in [0.25, 0.3) is 0 Å². The Morgan fingerprint density at radius 2 is 2.22 bits per heavy atom. The molecular formula is C13H18N4O. The summed E-state index contributed by atoms with van der Waals surface area (Å²) in [4.78, 5) is 4.13. The number of hydrogen-bond acceptors (Lipinski definition) is 4. The van der Waals surface area contributed by atoms with Crippen molar-refractivity contribution in [2.24, 2.45) is 12.8 Å². The van der Waals surface area contributed by atoms with Crippen LogP contribution in [0.15, 0.2) is 24.5 Å². The Morgan fingerprint density at radius 1 is 1.39 bits per heavy atom. The van der Waals surface area contributed by atoms with E-state index in [1.54, 1.807) is 4.68 Å². The standard InChI is InChI=1S/C13H18N4O/c1-10-3-4-12(11(7-10)5-6-14)18-8-13-15-9-16-17(13)2/h3-4,7,9H,5-6,8,14H2,1-2H3. The van der Waals surface area contributed by atoms with Gasteiger partial charge in [-0.15, -0.1) is 0 Å². The van der Waals surface area contributed by atoms with Crippen molar-refractivity contribution in [2.45, 2.75) is 20.0 Å². The lowest BCUT2D eigenvalue weighted by Gasteiger charge is -2.11. The lowest BCUT2D eigenvalue weighted by Crippen LogP contribution is -2.08. The summed E-state index contributed by atoms with van der Waals surface area (Å²) in [5, 5.41) is 4.01. The van der Waals surface area contributed by atoms with Crippen LogP contribution in [0.4, 0.5) is 0 Å². The molecule has 0 unspecified atom stereocenters. The van der Waals surface area contributed by atoms with Gasteiger partial charge in [-0.3, -0.25) is 4.68 Å². The van der Waals surface area contributed by atoms with Crippen molar-refractivity contribution < 1.29 is 4.74 Å². The predicted molar refractivity (Wildman–Crippen MR) is 69.3 cm³/mol. The molecule has 2 rings (SSSR count). The van der Waals surface area contributed by atoms with E-state index in [0.29, 0.717) is 13.2 Å². The maximum atomic E-state index is 5.79. The highest BCUT2D eigenvalue weighted by atomic mass is 16.5. The topological polar surface area (TPSA) is 66.0 Å². The second kappa shape index (κ2) is 5.64. The molecule has 0 spiro atoms. The molecule has 0 fully saturated rings. The quantitative estimate of drug-likeness (QED) is 0.861. The van der Waals surface area contributed by atoms with Crippen LogP contribution < -0.4 is 10.5 Å². The number of nitrogens with zero attached hydrogens (tertiary/aromatic N) is 3. The maximum absolute atomic E-state index is 5.79. The molecule has 18 heavy (non-hydrogen) atoms. The van der Waals surface area contributed by atoms with E-state index in [9.17, 15) is 0 Å². The zero-order valence-corrected chi connectivity index (χ0v) is 10.8. The largest absolute Gasteiger partial charge is 0.485 e. The number of rotatable bonds is 5. The summed E-state index contributed by atoms with van der Waals surface area (Å²) in [6.07, 6.45) is 2.34. The van der Waals surface area contributed by atoms with Crippen LogP contribution in [-0.2, 0) is 20.1 Å². The first-order valence-corrected chi connectivity index (χ1v) is 5.96. The van der Waals surface area contributed by atoms with Gasteiger partial charge in [0.2, 0.25) is 0 Å². The third-order valence-electron chi connectivity index (χ3n) is 2.79. The van der Waals surface area contributed by atoms with Crippen molar-refractivity contribution in [1.82, 2.24) is 14.8 Å². The van der Waals surface area contributed by atoms with Crippen molar-refractivity contribution >= 4 is 0 Å².